The van der Waals surface area contributed by atoms with Gasteiger partial charge in [-0.3, -0.25) is 0 Å². The number of aliphatic hydroxyl groups is 1. The van der Waals surface area contributed by atoms with Gasteiger partial charge in [0.1, 0.15) is 0 Å². The molecule has 0 saturated heterocycles. The summed E-state index contributed by atoms with van der Waals surface area (Å²) >= 11 is 0. The van der Waals surface area contributed by atoms with Crippen LogP contribution >= 0.6 is 0 Å². The molecule has 0 aromatic heterocycles. The summed E-state index contributed by atoms with van der Waals surface area (Å²) in [7, 11) is 1.50. The van der Waals surface area contributed by atoms with Gasteiger partial charge in [0.25, 0.3) is 0 Å². The quantitative estimate of drug-likeness (QED) is 0.709. The van der Waals surface area contributed by atoms with Crippen molar-refractivity contribution in [3.05, 3.63) is 11.6 Å². The molecule has 3 fully saturated rings. The number of carbonyl (C=O) groups is 1. The van der Waals surface area contributed by atoms with Gasteiger partial charge in [0.15, 0.2) is 0 Å². The minimum atomic E-state index is -0.119. The van der Waals surface area contributed by atoms with Crippen LogP contribution in [-0.2, 0) is 9.53 Å². The highest BCUT2D eigenvalue weighted by atomic mass is 16.5. The van der Waals surface area contributed by atoms with Gasteiger partial charge in [-0.05, 0) is 97.7 Å². The Morgan fingerprint density at radius 1 is 1.15 bits per heavy atom. The second-order valence-corrected chi connectivity index (χ2v) is 10.6. The van der Waals surface area contributed by atoms with E-state index in [0.717, 1.165) is 36.2 Å². The molecule has 0 aliphatic heterocycles. The Balaban J connectivity index is 1.58. The standard InChI is InChI=1S/C24H38O3/c1-15(14-25)19-7-8-20-18-6-5-17-13-16(22(26)27-4)9-11-23(17,2)21(18)10-12-24(19,20)3/h13,15,17-21,25H,5-12,14H2,1-4H3/t15?,17?,18-,19+,20-,21-,23-,24+/m0/s1. The summed E-state index contributed by atoms with van der Waals surface area (Å²) in [6.07, 6.45) is 12.2. The average Bonchev–Trinajstić information content (AvgIpc) is 3.03. The van der Waals surface area contributed by atoms with Crippen LogP contribution in [0.1, 0.15) is 72.1 Å². The fraction of sp³-hybridized carbons (Fsp3) is 0.875. The minimum Gasteiger partial charge on any atom is -0.466 e. The molecule has 8 atom stereocenters. The fourth-order valence-electron chi connectivity index (χ4n) is 8.26. The van der Waals surface area contributed by atoms with E-state index in [2.05, 4.69) is 26.8 Å². The van der Waals surface area contributed by atoms with Crippen molar-refractivity contribution < 1.29 is 14.6 Å². The fourth-order valence-corrected chi connectivity index (χ4v) is 8.26. The highest BCUT2D eigenvalue weighted by molar-refractivity contribution is 5.88. The van der Waals surface area contributed by atoms with Crippen molar-refractivity contribution in [2.75, 3.05) is 13.7 Å². The lowest BCUT2D eigenvalue weighted by atomic mass is 9.45. The van der Waals surface area contributed by atoms with Gasteiger partial charge >= 0.3 is 5.97 Å². The summed E-state index contributed by atoms with van der Waals surface area (Å²) in [5, 5.41) is 9.77. The Labute approximate surface area is 164 Å². The van der Waals surface area contributed by atoms with Crippen LogP contribution in [0.25, 0.3) is 0 Å². The molecule has 0 aromatic rings. The first kappa shape index (κ1) is 19.5. The zero-order chi connectivity index (χ0) is 19.4. The molecule has 152 valence electrons. The van der Waals surface area contributed by atoms with E-state index in [-0.39, 0.29) is 5.97 Å². The van der Waals surface area contributed by atoms with Crippen LogP contribution in [0, 0.1) is 46.3 Å². The van der Waals surface area contributed by atoms with Crippen LogP contribution in [0.4, 0.5) is 0 Å². The first-order valence-corrected chi connectivity index (χ1v) is 11.2. The predicted octanol–water partition coefficient (Wildman–Crippen LogP) is 4.98. The highest BCUT2D eigenvalue weighted by Gasteiger charge is 2.60. The van der Waals surface area contributed by atoms with Crippen LogP contribution in [0.2, 0.25) is 0 Å². The molecule has 27 heavy (non-hydrogen) atoms. The van der Waals surface area contributed by atoms with Crippen molar-refractivity contribution in [3.8, 4) is 0 Å². The number of allylic oxidation sites excluding steroid dienone is 1. The number of fused-ring (bicyclic) bond motifs is 5. The topological polar surface area (TPSA) is 46.5 Å². The van der Waals surface area contributed by atoms with E-state index in [1.165, 1.54) is 45.6 Å². The summed E-state index contributed by atoms with van der Waals surface area (Å²) < 4.78 is 5.00. The van der Waals surface area contributed by atoms with Crippen LogP contribution < -0.4 is 0 Å². The Morgan fingerprint density at radius 3 is 2.59 bits per heavy atom. The van der Waals surface area contributed by atoms with Gasteiger partial charge in [-0.2, -0.15) is 0 Å². The summed E-state index contributed by atoms with van der Waals surface area (Å²) in [6, 6.07) is 0. The Morgan fingerprint density at radius 2 is 1.89 bits per heavy atom. The van der Waals surface area contributed by atoms with Crippen molar-refractivity contribution in [2.45, 2.75) is 72.1 Å². The summed E-state index contributed by atoms with van der Waals surface area (Å²) in [4.78, 5) is 12.0. The van der Waals surface area contributed by atoms with Gasteiger partial charge in [-0.1, -0.05) is 26.8 Å². The molecule has 3 saturated carbocycles. The molecule has 3 heteroatoms. The molecule has 4 rings (SSSR count). The zero-order valence-corrected chi connectivity index (χ0v) is 17.7. The van der Waals surface area contributed by atoms with Gasteiger partial charge in [0.2, 0.25) is 0 Å². The summed E-state index contributed by atoms with van der Waals surface area (Å²) in [6.45, 7) is 7.65. The molecule has 4 aliphatic rings. The SMILES string of the molecule is COC(=O)C1=CC2CC[C@H]3[C@@H]4CC[C@H](C(C)CO)[C@@]4(C)CC[C@@H]3[C@@]2(C)CC1. The van der Waals surface area contributed by atoms with Crippen molar-refractivity contribution in [1.82, 2.24) is 0 Å². The molecule has 3 nitrogen and oxygen atoms in total. The third kappa shape index (κ3) is 2.82. The van der Waals surface area contributed by atoms with E-state index in [1.807, 2.05) is 0 Å². The lowest BCUT2D eigenvalue weighted by Gasteiger charge is -2.60. The smallest absolute Gasteiger partial charge is 0.333 e. The van der Waals surface area contributed by atoms with Crippen LogP contribution in [0.5, 0.6) is 0 Å². The summed E-state index contributed by atoms with van der Waals surface area (Å²) in [5.41, 5.74) is 1.69. The number of ether oxygens (including phenoxy) is 1. The van der Waals surface area contributed by atoms with E-state index in [9.17, 15) is 9.90 Å². The Hall–Kier alpha value is -0.830. The van der Waals surface area contributed by atoms with Crippen LogP contribution in [0.3, 0.4) is 0 Å². The second kappa shape index (κ2) is 6.90. The maximum Gasteiger partial charge on any atom is 0.333 e. The van der Waals surface area contributed by atoms with E-state index >= 15 is 0 Å². The van der Waals surface area contributed by atoms with E-state index < -0.39 is 0 Å². The molecular formula is C24H38O3. The molecule has 0 aromatic carbocycles. The minimum absolute atomic E-state index is 0.119. The van der Waals surface area contributed by atoms with Crippen LogP contribution in [0.15, 0.2) is 11.6 Å². The number of carbonyl (C=O) groups excluding carboxylic acids is 1. The number of hydrogen-bond acceptors (Lipinski definition) is 3. The molecule has 0 amide bonds. The van der Waals surface area contributed by atoms with Crippen molar-refractivity contribution in [1.29, 1.82) is 0 Å². The Kier molecular flexibility index (Phi) is 4.98. The lowest BCUT2D eigenvalue weighted by molar-refractivity contribution is -0.137. The maximum atomic E-state index is 12.0. The number of methoxy groups -OCH3 is 1. The molecule has 1 N–H and O–H groups in total. The van der Waals surface area contributed by atoms with Gasteiger partial charge < -0.3 is 9.84 Å². The molecule has 2 unspecified atom stereocenters. The average molecular weight is 375 g/mol. The molecule has 0 spiro atoms. The zero-order valence-electron chi connectivity index (χ0n) is 17.7. The normalized spacial score (nSPS) is 47.3. The second-order valence-electron chi connectivity index (χ2n) is 10.6. The van der Waals surface area contributed by atoms with E-state index in [0.29, 0.717) is 35.2 Å². The highest BCUT2D eigenvalue weighted by Crippen LogP contribution is 2.67. The van der Waals surface area contributed by atoms with E-state index in [4.69, 9.17) is 4.74 Å². The number of rotatable bonds is 3. The third-order valence-corrected chi connectivity index (χ3v) is 9.77. The van der Waals surface area contributed by atoms with Gasteiger partial charge in [-0.15, -0.1) is 0 Å². The van der Waals surface area contributed by atoms with Crippen LogP contribution in [-0.4, -0.2) is 24.8 Å². The van der Waals surface area contributed by atoms with E-state index in [1.54, 1.807) is 0 Å². The van der Waals surface area contributed by atoms with Gasteiger partial charge in [0, 0.05) is 12.2 Å². The molecule has 0 heterocycles. The molecular weight excluding hydrogens is 336 g/mol. The van der Waals surface area contributed by atoms with Crippen molar-refractivity contribution in [3.63, 3.8) is 0 Å². The van der Waals surface area contributed by atoms with Gasteiger partial charge in [-0.25, -0.2) is 4.79 Å². The number of esters is 1. The summed E-state index contributed by atoms with van der Waals surface area (Å²) in [5.74, 6) is 4.02. The molecule has 4 aliphatic carbocycles. The monoisotopic (exact) mass is 374 g/mol. The number of hydrogen-bond donors (Lipinski definition) is 1. The number of aliphatic hydroxyl groups excluding tert-OH is 1. The van der Waals surface area contributed by atoms with Gasteiger partial charge in [0.05, 0.1) is 7.11 Å². The third-order valence-electron chi connectivity index (χ3n) is 9.77. The molecule has 0 bridgehead atoms. The molecule has 0 radical (unpaired) electrons. The Bertz CT molecular complexity index is 625. The predicted molar refractivity (Wildman–Crippen MR) is 107 cm³/mol. The first-order chi connectivity index (χ1) is 12.8. The first-order valence-electron chi connectivity index (χ1n) is 11.2. The lowest BCUT2D eigenvalue weighted by Crippen LogP contribution is -2.52. The maximum absolute atomic E-state index is 12.0. The van der Waals surface area contributed by atoms with Crippen molar-refractivity contribution in [2.24, 2.45) is 46.3 Å². The largest absolute Gasteiger partial charge is 0.466 e. The van der Waals surface area contributed by atoms with Crippen molar-refractivity contribution >= 4 is 5.97 Å².